The van der Waals surface area contributed by atoms with E-state index in [0.29, 0.717) is 24.3 Å². The zero-order valence-electron chi connectivity index (χ0n) is 16.4. The molecule has 168 valence electrons. The highest BCUT2D eigenvalue weighted by Crippen LogP contribution is 2.56. The van der Waals surface area contributed by atoms with Crippen molar-refractivity contribution in [3.63, 3.8) is 0 Å². The Morgan fingerprint density at radius 3 is 1.35 bits per heavy atom. The van der Waals surface area contributed by atoms with Crippen LogP contribution in [-0.4, -0.2) is 37.5 Å². The minimum Gasteiger partial charge on any atom is -0.462 e. The molecular formula is C21H18F6O4. The van der Waals surface area contributed by atoms with Crippen LogP contribution in [0.2, 0.25) is 0 Å². The van der Waals surface area contributed by atoms with Gasteiger partial charge in [0.25, 0.3) is 0 Å². The number of carbonyl (C=O) groups excluding carboxylic acids is 2. The summed E-state index contributed by atoms with van der Waals surface area (Å²) < 4.78 is 94.9. The molecule has 0 saturated carbocycles. The van der Waals surface area contributed by atoms with Crippen LogP contribution in [0.5, 0.6) is 0 Å². The molecule has 0 saturated heterocycles. The minimum atomic E-state index is -5.87. The smallest absolute Gasteiger partial charge is 0.411 e. The Labute approximate surface area is 173 Å². The lowest BCUT2D eigenvalue weighted by Gasteiger charge is -2.38. The Kier molecular flexibility index (Phi) is 7.03. The molecule has 0 amide bonds. The fourth-order valence-electron chi connectivity index (χ4n) is 3.17. The van der Waals surface area contributed by atoms with E-state index in [4.69, 9.17) is 0 Å². The summed E-state index contributed by atoms with van der Waals surface area (Å²) in [6, 6.07) is 6.15. The summed E-state index contributed by atoms with van der Waals surface area (Å²) in [4.78, 5) is 23.9. The van der Waals surface area contributed by atoms with Gasteiger partial charge in [-0.05, 0) is 49.2 Å². The molecule has 2 rings (SSSR count). The van der Waals surface area contributed by atoms with E-state index in [1.807, 2.05) is 0 Å². The second-order valence-electron chi connectivity index (χ2n) is 6.35. The largest absolute Gasteiger partial charge is 0.462 e. The van der Waals surface area contributed by atoms with Gasteiger partial charge in [-0.2, -0.15) is 26.3 Å². The molecule has 0 aliphatic carbocycles. The fourth-order valence-corrected chi connectivity index (χ4v) is 3.17. The number of alkyl halides is 6. The van der Waals surface area contributed by atoms with Gasteiger partial charge in [-0.15, -0.1) is 0 Å². The highest BCUT2D eigenvalue weighted by Gasteiger charge is 2.72. The highest BCUT2D eigenvalue weighted by atomic mass is 19.4. The average Bonchev–Trinajstić information content (AvgIpc) is 2.67. The third kappa shape index (κ3) is 4.52. The summed E-state index contributed by atoms with van der Waals surface area (Å²) in [5.74, 6) is -2.13. The molecule has 0 aliphatic rings. The zero-order chi connectivity index (χ0) is 23.4. The molecule has 0 heterocycles. The molecule has 31 heavy (non-hydrogen) atoms. The number of carbonyl (C=O) groups is 2. The zero-order valence-corrected chi connectivity index (χ0v) is 16.4. The van der Waals surface area contributed by atoms with E-state index in [0.717, 1.165) is 24.3 Å². The molecule has 10 heteroatoms. The predicted octanol–water partition coefficient (Wildman–Crippen LogP) is 5.45. The Morgan fingerprint density at radius 2 is 1.06 bits per heavy atom. The van der Waals surface area contributed by atoms with Gasteiger partial charge in [0.2, 0.25) is 5.41 Å². The third-order valence-electron chi connectivity index (χ3n) is 4.46. The third-order valence-corrected chi connectivity index (χ3v) is 4.46. The first kappa shape index (κ1) is 24.2. The highest BCUT2D eigenvalue weighted by molar-refractivity contribution is 5.90. The van der Waals surface area contributed by atoms with E-state index in [-0.39, 0.29) is 13.2 Å². The molecule has 0 radical (unpaired) electrons. The van der Waals surface area contributed by atoms with Crippen LogP contribution in [0.25, 0.3) is 0 Å². The first-order valence-electron chi connectivity index (χ1n) is 9.08. The normalized spacial score (nSPS) is 12.4. The lowest BCUT2D eigenvalue weighted by Crippen LogP contribution is -2.54. The maximum Gasteiger partial charge on any atom is 0.411 e. The van der Waals surface area contributed by atoms with Crippen LogP contribution in [0, 0.1) is 0 Å². The van der Waals surface area contributed by atoms with Crippen LogP contribution in [-0.2, 0) is 14.9 Å². The first-order valence-corrected chi connectivity index (χ1v) is 9.08. The van der Waals surface area contributed by atoms with E-state index in [9.17, 15) is 35.9 Å². The van der Waals surface area contributed by atoms with Crippen molar-refractivity contribution < 1.29 is 45.4 Å². The SMILES string of the molecule is CCOC(=O)c1cccc(C(c2cccc(C(=O)OCC)c2)(C(F)(F)F)C(F)(F)F)c1. The van der Waals surface area contributed by atoms with E-state index in [1.165, 1.54) is 13.8 Å². The molecule has 0 fully saturated rings. The number of rotatable bonds is 6. The molecule has 2 aromatic rings. The summed E-state index contributed by atoms with van der Waals surface area (Å²) in [6.45, 7) is 2.65. The van der Waals surface area contributed by atoms with Crippen molar-refractivity contribution in [2.75, 3.05) is 13.2 Å². The lowest BCUT2D eigenvalue weighted by atomic mass is 9.72. The van der Waals surface area contributed by atoms with Gasteiger partial charge < -0.3 is 9.47 Å². The second-order valence-corrected chi connectivity index (χ2v) is 6.35. The topological polar surface area (TPSA) is 52.6 Å². The van der Waals surface area contributed by atoms with Crippen molar-refractivity contribution in [2.45, 2.75) is 31.6 Å². The van der Waals surface area contributed by atoms with Gasteiger partial charge in [-0.1, -0.05) is 24.3 Å². The van der Waals surface area contributed by atoms with Crippen LogP contribution in [0.4, 0.5) is 26.3 Å². The van der Waals surface area contributed by atoms with Crippen LogP contribution in [0.3, 0.4) is 0 Å². The minimum absolute atomic E-state index is 0.117. The molecule has 2 aromatic carbocycles. The summed E-state index contributed by atoms with van der Waals surface area (Å²) in [6.07, 6.45) is -11.7. The Morgan fingerprint density at radius 1 is 0.710 bits per heavy atom. The molecule has 0 N–H and O–H groups in total. The van der Waals surface area contributed by atoms with Crippen molar-refractivity contribution >= 4 is 11.9 Å². The van der Waals surface area contributed by atoms with Gasteiger partial charge in [0.15, 0.2) is 0 Å². The number of ether oxygens (including phenoxy) is 2. The van der Waals surface area contributed by atoms with Gasteiger partial charge in [0, 0.05) is 0 Å². The number of benzene rings is 2. The quantitative estimate of drug-likeness (QED) is 0.436. The monoisotopic (exact) mass is 448 g/mol. The van der Waals surface area contributed by atoms with Crippen molar-refractivity contribution in [2.24, 2.45) is 0 Å². The van der Waals surface area contributed by atoms with Crippen LogP contribution in [0.1, 0.15) is 45.7 Å². The maximum absolute atomic E-state index is 14.3. The van der Waals surface area contributed by atoms with Crippen LogP contribution < -0.4 is 0 Å². The second kappa shape index (κ2) is 8.99. The van der Waals surface area contributed by atoms with Gasteiger partial charge in [0.05, 0.1) is 24.3 Å². The van der Waals surface area contributed by atoms with Crippen LogP contribution in [0.15, 0.2) is 48.5 Å². The van der Waals surface area contributed by atoms with Crippen LogP contribution >= 0.6 is 0 Å². The van der Waals surface area contributed by atoms with E-state index in [1.54, 1.807) is 0 Å². The van der Waals surface area contributed by atoms with E-state index < -0.39 is 52.0 Å². The number of hydrogen-bond acceptors (Lipinski definition) is 4. The van der Waals surface area contributed by atoms with Gasteiger partial charge in [-0.3, -0.25) is 0 Å². The molecular weight excluding hydrogens is 430 g/mol. The molecule has 0 unspecified atom stereocenters. The van der Waals surface area contributed by atoms with Crippen molar-refractivity contribution in [1.29, 1.82) is 0 Å². The molecule has 0 aliphatic heterocycles. The fraction of sp³-hybridized carbons (Fsp3) is 0.333. The number of esters is 2. The summed E-state index contributed by atoms with van der Waals surface area (Å²) in [5.41, 5.74) is -7.93. The Bertz CT molecular complexity index is 872. The average molecular weight is 448 g/mol. The van der Waals surface area contributed by atoms with Crippen molar-refractivity contribution in [3.05, 3.63) is 70.8 Å². The molecule has 4 nitrogen and oxygen atoms in total. The first-order chi connectivity index (χ1) is 14.4. The summed E-state index contributed by atoms with van der Waals surface area (Å²) in [5, 5.41) is 0. The predicted molar refractivity (Wildman–Crippen MR) is 97.7 cm³/mol. The number of halogens is 6. The standard InChI is InChI=1S/C21H18F6O4/c1-3-30-17(28)13-7-5-9-15(11-13)19(20(22,23)24,21(25,26)27)16-10-6-8-14(12-16)18(29)31-4-2/h5-12H,3-4H2,1-2H3. The summed E-state index contributed by atoms with van der Waals surface area (Å²) >= 11 is 0. The van der Waals surface area contributed by atoms with Gasteiger partial charge in [-0.25, -0.2) is 9.59 Å². The van der Waals surface area contributed by atoms with Gasteiger partial charge >= 0.3 is 24.3 Å². The summed E-state index contributed by atoms with van der Waals surface area (Å²) in [7, 11) is 0. The molecule has 0 atom stereocenters. The molecule has 0 aromatic heterocycles. The van der Waals surface area contributed by atoms with Crippen molar-refractivity contribution in [3.8, 4) is 0 Å². The van der Waals surface area contributed by atoms with E-state index in [2.05, 4.69) is 9.47 Å². The lowest BCUT2D eigenvalue weighted by molar-refractivity contribution is -0.288. The molecule has 0 bridgehead atoms. The van der Waals surface area contributed by atoms with E-state index >= 15 is 0 Å². The Balaban J connectivity index is 2.85. The molecule has 0 spiro atoms. The Hall–Kier alpha value is -3.04. The number of hydrogen-bond donors (Lipinski definition) is 0. The van der Waals surface area contributed by atoms with Crippen molar-refractivity contribution in [1.82, 2.24) is 0 Å². The maximum atomic E-state index is 14.3. The van der Waals surface area contributed by atoms with Gasteiger partial charge in [0.1, 0.15) is 0 Å².